The molecule has 0 aliphatic rings. The largest absolute Gasteiger partial charge is 0.557 e. The van der Waals surface area contributed by atoms with Crippen molar-refractivity contribution in [2.75, 3.05) is 20.1 Å². The third kappa shape index (κ3) is 3.54. The molecule has 0 rings (SSSR count). The molecule has 0 spiro atoms. The first-order valence-electron chi connectivity index (χ1n) is 2.82. The molecule has 0 saturated heterocycles. The second kappa shape index (κ2) is 5.33. The molecular formula is C5H10O4P+. The van der Waals surface area contributed by atoms with Crippen LogP contribution in [0.4, 0.5) is 4.79 Å². The fourth-order valence-corrected chi connectivity index (χ4v) is 0.978. The third-order valence-corrected chi connectivity index (χ3v) is 1.75. The van der Waals surface area contributed by atoms with Crippen molar-refractivity contribution in [3.05, 3.63) is 0 Å². The van der Waals surface area contributed by atoms with Crippen LogP contribution in [0.5, 0.6) is 0 Å². The molecule has 0 radical (unpaired) electrons. The lowest BCUT2D eigenvalue weighted by Crippen LogP contribution is -1.98. The van der Waals surface area contributed by atoms with Crippen LogP contribution in [0, 0.1) is 0 Å². The van der Waals surface area contributed by atoms with Gasteiger partial charge in [0.1, 0.15) is 0 Å². The van der Waals surface area contributed by atoms with Crippen molar-refractivity contribution in [1.82, 2.24) is 0 Å². The second-order valence-electron chi connectivity index (χ2n) is 1.50. The molecule has 0 aromatic rings. The molecule has 1 atom stereocenters. The SMILES string of the molecule is CCOC(=O)[P+](=O)COC. The minimum atomic E-state index is -1.98. The lowest BCUT2D eigenvalue weighted by atomic mass is 10.9. The molecule has 0 N–H and O–H groups in total. The monoisotopic (exact) mass is 165 g/mol. The summed E-state index contributed by atoms with van der Waals surface area (Å²) < 4.78 is 19.6. The van der Waals surface area contributed by atoms with E-state index in [9.17, 15) is 9.36 Å². The van der Waals surface area contributed by atoms with Crippen molar-refractivity contribution in [3.63, 3.8) is 0 Å². The number of methoxy groups -OCH3 is 1. The van der Waals surface area contributed by atoms with Gasteiger partial charge in [0, 0.05) is 7.11 Å². The van der Waals surface area contributed by atoms with Gasteiger partial charge in [-0.15, -0.1) is 0 Å². The van der Waals surface area contributed by atoms with Gasteiger partial charge in [0.05, 0.1) is 6.61 Å². The molecule has 0 bridgehead atoms. The van der Waals surface area contributed by atoms with E-state index in [4.69, 9.17) is 0 Å². The molecule has 0 aromatic heterocycles. The topological polar surface area (TPSA) is 52.6 Å². The fourth-order valence-electron chi connectivity index (χ4n) is 0.365. The summed E-state index contributed by atoms with van der Waals surface area (Å²) in [5, 5.41) is 0. The zero-order valence-electron chi connectivity index (χ0n) is 5.99. The van der Waals surface area contributed by atoms with Gasteiger partial charge in [-0.1, -0.05) is 4.57 Å². The highest BCUT2D eigenvalue weighted by molar-refractivity contribution is 7.62. The van der Waals surface area contributed by atoms with E-state index < -0.39 is 13.5 Å². The summed E-state index contributed by atoms with van der Waals surface area (Å²) in [6.07, 6.45) is -0.0613. The van der Waals surface area contributed by atoms with Crippen molar-refractivity contribution in [3.8, 4) is 0 Å². The van der Waals surface area contributed by atoms with Crippen LogP contribution in [0.25, 0.3) is 0 Å². The molecule has 58 valence electrons. The van der Waals surface area contributed by atoms with Gasteiger partial charge in [-0.2, -0.15) is 4.79 Å². The molecule has 0 aliphatic heterocycles. The van der Waals surface area contributed by atoms with E-state index in [1.165, 1.54) is 7.11 Å². The van der Waals surface area contributed by atoms with Gasteiger partial charge in [-0.3, -0.25) is 0 Å². The average Bonchev–Trinajstić information content (AvgIpc) is 1.89. The fraction of sp³-hybridized carbons (Fsp3) is 0.800. The Morgan fingerprint density at radius 3 is 2.60 bits per heavy atom. The maximum atomic E-state index is 10.7. The molecule has 5 heteroatoms. The molecule has 10 heavy (non-hydrogen) atoms. The molecule has 0 fully saturated rings. The summed E-state index contributed by atoms with van der Waals surface area (Å²) in [5.74, 6) is 0. The molecule has 0 saturated carbocycles. The summed E-state index contributed by atoms with van der Waals surface area (Å²) in [7, 11) is -0.600. The average molecular weight is 165 g/mol. The second-order valence-corrected chi connectivity index (χ2v) is 2.88. The van der Waals surface area contributed by atoms with Gasteiger partial charge in [0.15, 0.2) is 0 Å². The Labute approximate surface area is 60.3 Å². The van der Waals surface area contributed by atoms with Crippen LogP contribution in [-0.2, 0) is 14.0 Å². The minimum Gasteiger partial charge on any atom is -0.428 e. The molecular weight excluding hydrogens is 155 g/mol. The number of carbonyl (C=O) groups is 1. The van der Waals surface area contributed by atoms with Gasteiger partial charge in [-0.05, 0) is 6.92 Å². The first kappa shape index (κ1) is 9.53. The van der Waals surface area contributed by atoms with Crippen LogP contribution < -0.4 is 0 Å². The maximum Gasteiger partial charge on any atom is 0.557 e. The van der Waals surface area contributed by atoms with E-state index in [1.54, 1.807) is 6.92 Å². The molecule has 4 nitrogen and oxygen atoms in total. The number of hydrogen-bond donors (Lipinski definition) is 0. The molecule has 0 aliphatic carbocycles. The smallest absolute Gasteiger partial charge is 0.428 e. The Balaban J connectivity index is 3.60. The van der Waals surface area contributed by atoms with Gasteiger partial charge >= 0.3 is 13.5 Å². The van der Waals surface area contributed by atoms with Crippen molar-refractivity contribution >= 4 is 13.5 Å². The molecule has 0 aromatic carbocycles. The Morgan fingerprint density at radius 1 is 1.60 bits per heavy atom. The van der Waals surface area contributed by atoms with E-state index >= 15 is 0 Å². The quantitative estimate of drug-likeness (QED) is 0.593. The number of ether oxygens (including phenoxy) is 2. The first-order valence-corrected chi connectivity index (χ1v) is 4.27. The van der Waals surface area contributed by atoms with Crippen molar-refractivity contribution < 1.29 is 18.8 Å². The van der Waals surface area contributed by atoms with Gasteiger partial charge in [0.2, 0.25) is 0 Å². The van der Waals surface area contributed by atoms with Gasteiger partial charge < -0.3 is 9.47 Å². The molecule has 0 amide bonds. The van der Waals surface area contributed by atoms with Crippen molar-refractivity contribution in [1.29, 1.82) is 0 Å². The molecule has 0 heterocycles. The maximum absolute atomic E-state index is 10.7. The van der Waals surface area contributed by atoms with Crippen LogP contribution in [0.1, 0.15) is 6.92 Å². The van der Waals surface area contributed by atoms with Crippen LogP contribution in [-0.4, -0.2) is 25.8 Å². The summed E-state index contributed by atoms with van der Waals surface area (Å²) in [6, 6.07) is 0. The van der Waals surface area contributed by atoms with Crippen molar-refractivity contribution in [2.45, 2.75) is 6.92 Å². The third-order valence-electron chi connectivity index (χ3n) is 0.718. The van der Waals surface area contributed by atoms with E-state index in [-0.39, 0.29) is 13.0 Å². The van der Waals surface area contributed by atoms with E-state index in [0.29, 0.717) is 0 Å². The van der Waals surface area contributed by atoms with E-state index in [0.717, 1.165) is 0 Å². The summed E-state index contributed by atoms with van der Waals surface area (Å²) >= 11 is 0. The summed E-state index contributed by atoms with van der Waals surface area (Å²) in [4.78, 5) is 10.5. The van der Waals surface area contributed by atoms with Crippen LogP contribution in [0.3, 0.4) is 0 Å². The normalized spacial score (nSPS) is 10.8. The highest BCUT2D eigenvalue weighted by Crippen LogP contribution is 2.22. The predicted octanol–water partition coefficient (Wildman–Crippen LogP) is 1.57. The van der Waals surface area contributed by atoms with Crippen LogP contribution in [0.15, 0.2) is 0 Å². The number of carbonyl (C=O) groups excluding carboxylic acids is 1. The minimum absolute atomic E-state index is 0.0613. The van der Waals surface area contributed by atoms with Crippen LogP contribution in [0.2, 0.25) is 0 Å². The zero-order valence-corrected chi connectivity index (χ0v) is 6.89. The Morgan fingerprint density at radius 2 is 2.20 bits per heavy atom. The first-order chi connectivity index (χ1) is 4.72. The van der Waals surface area contributed by atoms with E-state index in [1.807, 2.05) is 0 Å². The predicted molar refractivity (Wildman–Crippen MR) is 36.5 cm³/mol. The summed E-state index contributed by atoms with van der Waals surface area (Å²) in [6.45, 7) is 1.91. The van der Waals surface area contributed by atoms with Crippen LogP contribution >= 0.6 is 7.80 Å². The standard InChI is InChI=1S/C5H10O4P/c1-3-9-5(6)10(7)4-8-2/h3-4H2,1-2H3/q+1. The highest BCUT2D eigenvalue weighted by Gasteiger charge is 2.29. The van der Waals surface area contributed by atoms with E-state index in [2.05, 4.69) is 9.47 Å². The molecule has 1 unspecified atom stereocenters. The van der Waals surface area contributed by atoms with Gasteiger partial charge in [-0.25, -0.2) is 0 Å². The Bertz CT molecular complexity index is 118. The highest BCUT2D eigenvalue weighted by atomic mass is 31.1. The summed E-state index contributed by atoms with van der Waals surface area (Å²) in [5.41, 5.74) is -0.681. The lowest BCUT2D eigenvalue weighted by molar-refractivity contribution is 0.176. The van der Waals surface area contributed by atoms with Crippen molar-refractivity contribution in [2.24, 2.45) is 0 Å². The Kier molecular flexibility index (Phi) is 5.08. The zero-order chi connectivity index (χ0) is 7.98. The number of hydrogen-bond acceptors (Lipinski definition) is 4. The number of rotatable bonds is 4. The Hall–Kier alpha value is -0.470. The van der Waals surface area contributed by atoms with Gasteiger partial charge in [0.25, 0.3) is 6.35 Å². The lowest BCUT2D eigenvalue weighted by Gasteiger charge is -1.88.